The van der Waals surface area contributed by atoms with Crippen LogP contribution in [0.25, 0.3) is 5.76 Å². The van der Waals surface area contributed by atoms with Crippen molar-refractivity contribution in [2.75, 3.05) is 6.61 Å². The fraction of sp³-hybridized carbons (Fsp3) is 0.273. The Bertz CT molecular complexity index is 437. The van der Waals surface area contributed by atoms with Gasteiger partial charge in [-0.3, -0.25) is 4.98 Å². The number of pyridine rings is 1. The van der Waals surface area contributed by atoms with E-state index in [-0.39, 0.29) is 5.76 Å². The van der Waals surface area contributed by atoms with Gasteiger partial charge in [0.05, 0.1) is 12.2 Å². The summed E-state index contributed by atoms with van der Waals surface area (Å²) >= 11 is 0. The van der Waals surface area contributed by atoms with Crippen LogP contribution in [0.4, 0.5) is 0 Å². The normalized spacial score (nSPS) is 13.9. The standard InChI is InChI=1S/C11H11NO3/c1-2-15-11(14)9-5-7-6-12-4-3-8(7)10(9)13/h3-4,6,13H,2,5H2,1H3. The molecule has 4 heteroatoms. The number of rotatable bonds is 2. The molecule has 0 saturated carbocycles. The summed E-state index contributed by atoms with van der Waals surface area (Å²) in [4.78, 5) is 15.4. The van der Waals surface area contributed by atoms with Gasteiger partial charge >= 0.3 is 5.97 Å². The van der Waals surface area contributed by atoms with Crippen molar-refractivity contribution in [3.8, 4) is 0 Å². The third kappa shape index (κ3) is 1.58. The third-order valence-corrected chi connectivity index (χ3v) is 2.33. The highest BCUT2D eigenvalue weighted by Gasteiger charge is 2.26. The molecule has 0 fully saturated rings. The number of ether oxygens (including phenoxy) is 1. The zero-order valence-corrected chi connectivity index (χ0v) is 8.36. The van der Waals surface area contributed by atoms with E-state index in [2.05, 4.69) is 4.98 Å². The second-order valence-electron chi connectivity index (χ2n) is 3.26. The van der Waals surface area contributed by atoms with Crippen LogP contribution in [-0.4, -0.2) is 22.7 Å². The number of hydrogen-bond acceptors (Lipinski definition) is 4. The Morgan fingerprint density at radius 3 is 3.13 bits per heavy atom. The third-order valence-electron chi connectivity index (χ3n) is 2.33. The highest BCUT2D eigenvalue weighted by Crippen LogP contribution is 2.30. The first-order valence-corrected chi connectivity index (χ1v) is 4.76. The van der Waals surface area contributed by atoms with Gasteiger partial charge in [-0.25, -0.2) is 4.79 Å². The number of nitrogens with zero attached hydrogens (tertiary/aromatic N) is 1. The average molecular weight is 205 g/mol. The van der Waals surface area contributed by atoms with Crippen molar-refractivity contribution in [1.82, 2.24) is 4.98 Å². The summed E-state index contributed by atoms with van der Waals surface area (Å²) in [5, 5.41) is 9.79. The van der Waals surface area contributed by atoms with E-state index in [0.29, 0.717) is 24.2 Å². The minimum absolute atomic E-state index is 0.0193. The minimum atomic E-state index is -0.453. The molecular weight excluding hydrogens is 194 g/mol. The Morgan fingerprint density at radius 2 is 2.47 bits per heavy atom. The molecule has 1 heterocycles. The first-order valence-electron chi connectivity index (χ1n) is 4.76. The van der Waals surface area contributed by atoms with E-state index in [9.17, 15) is 9.90 Å². The van der Waals surface area contributed by atoms with E-state index >= 15 is 0 Å². The van der Waals surface area contributed by atoms with Crippen molar-refractivity contribution < 1.29 is 14.6 Å². The van der Waals surface area contributed by atoms with Crippen LogP contribution in [-0.2, 0) is 16.0 Å². The van der Waals surface area contributed by atoms with Gasteiger partial charge in [0.25, 0.3) is 0 Å². The van der Waals surface area contributed by atoms with Crippen LogP contribution in [0.1, 0.15) is 18.1 Å². The van der Waals surface area contributed by atoms with Gasteiger partial charge in [-0.05, 0) is 18.6 Å². The van der Waals surface area contributed by atoms with E-state index in [1.807, 2.05) is 0 Å². The molecule has 0 aromatic carbocycles. The molecule has 1 aliphatic rings. The van der Waals surface area contributed by atoms with Crippen molar-refractivity contribution in [3.05, 3.63) is 35.2 Å². The maximum absolute atomic E-state index is 11.5. The number of esters is 1. The van der Waals surface area contributed by atoms with Gasteiger partial charge in [0.2, 0.25) is 0 Å². The molecule has 0 spiro atoms. The lowest BCUT2D eigenvalue weighted by atomic mass is 10.1. The average Bonchev–Trinajstić information content (AvgIpc) is 2.57. The smallest absolute Gasteiger partial charge is 0.338 e. The fourth-order valence-corrected chi connectivity index (χ4v) is 1.62. The molecule has 1 aliphatic carbocycles. The Labute approximate surface area is 87.2 Å². The first kappa shape index (κ1) is 9.71. The van der Waals surface area contributed by atoms with Crippen molar-refractivity contribution >= 4 is 11.7 Å². The molecule has 0 unspecified atom stereocenters. The maximum atomic E-state index is 11.5. The summed E-state index contributed by atoms with van der Waals surface area (Å²) in [5.74, 6) is -0.433. The van der Waals surface area contributed by atoms with E-state index in [4.69, 9.17) is 4.74 Å². The first-order chi connectivity index (χ1) is 7.24. The number of aliphatic hydroxyl groups is 1. The zero-order valence-electron chi connectivity index (χ0n) is 8.36. The number of fused-ring (bicyclic) bond motifs is 1. The summed E-state index contributed by atoms with van der Waals surface area (Å²) in [6, 6.07) is 1.69. The Morgan fingerprint density at radius 1 is 1.67 bits per heavy atom. The Kier molecular flexibility index (Phi) is 2.41. The second-order valence-corrected chi connectivity index (χ2v) is 3.26. The van der Waals surface area contributed by atoms with E-state index in [1.165, 1.54) is 0 Å². The predicted octanol–water partition coefficient (Wildman–Crippen LogP) is 1.47. The molecule has 0 bridgehead atoms. The lowest BCUT2D eigenvalue weighted by Crippen LogP contribution is -2.08. The molecule has 0 atom stereocenters. The van der Waals surface area contributed by atoms with Gasteiger partial charge < -0.3 is 9.84 Å². The summed E-state index contributed by atoms with van der Waals surface area (Å²) in [5.41, 5.74) is 1.85. The van der Waals surface area contributed by atoms with Gasteiger partial charge in [0, 0.05) is 24.4 Å². The molecule has 4 nitrogen and oxygen atoms in total. The predicted molar refractivity (Wildman–Crippen MR) is 54.1 cm³/mol. The number of aliphatic hydroxyl groups excluding tert-OH is 1. The molecule has 1 N–H and O–H groups in total. The van der Waals surface area contributed by atoms with Gasteiger partial charge in [-0.15, -0.1) is 0 Å². The maximum Gasteiger partial charge on any atom is 0.338 e. The van der Waals surface area contributed by atoms with Crippen molar-refractivity contribution in [1.29, 1.82) is 0 Å². The van der Waals surface area contributed by atoms with Crippen LogP contribution in [0.2, 0.25) is 0 Å². The molecule has 0 aliphatic heterocycles. The zero-order chi connectivity index (χ0) is 10.8. The summed E-state index contributed by atoms with van der Waals surface area (Å²) in [6.07, 6.45) is 3.63. The number of hydrogen-bond donors (Lipinski definition) is 1. The van der Waals surface area contributed by atoms with Gasteiger partial charge in [-0.2, -0.15) is 0 Å². The largest absolute Gasteiger partial charge is 0.507 e. The topological polar surface area (TPSA) is 59.4 Å². The second kappa shape index (κ2) is 3.73. The minimum Gasteiger partial charge on any atom is -0.507 e. The van der Waals surface area contributed by atoms with Crippen LogP contribution in [0, 0.1) is 0 Å². The molecule has 0 saturated heterocycles. The number of carbonyl (C=O) groups is 1. The molecule has 2 rings (SSSR count). The van der Waals surface area contributed by atoms with Crippen molar-refractivity contribution in [2.24, 2.45) is 0 Å². The number of carbonyl (C=O) groups excluding carboxylic acids is 1. The van der Waals surface area contributed by atoms with Crippen molar-refractivity contribution in [2.45, 2.75) is 13.3 Å². The quantitative estimate of drug-likeness (QED) is 0.743. The molecule has 78 valence electrons. The van der Waals surface area contributed by atoms with Crippen LogP contribution in [0.3, 0.4) is 0 Å². The van der Waals surface area contributed by atoms with Crippen LogP contribution in [0.5, 0.6) is 0 Å². The van der Waals surface area contributed by atoms with Crippen LogP contribution < -0.4 is 0 Å². The fourth-order valence-electron chi connectivity index (χ4n) is 1.62. The molecule has 0 amide bonds. The monoisotopic (exact) mass is 205 g/mol. The van der Waals surface area contributed by atoms with Crippen molar-refractivity contribution in [3.63, 3.8) is 0 Å². The van der Waals surface area contributed by atoms with E-state index in [1.54, 1.807) is 25.4 Å². The van der Waals surface area contributed by atoms with Gasteiger partial charge in [0.1, 0.15) is 5.76 Å². The summed E-state index contributed by atoms with van der Waals surface area (Å²) < 4.78 is 4.85. The Hall–Kier alpha value is -1.84. The highest BCUT2D eigenvalue weighted by molar-refractivity contribution is 5.99. The molecule has 15 heavy (non-hydrogen) atoms. The van der Waals surface area contributed by atoms with E-state index in [0.717, 1.165) is 5.56 Å². The highest BCUT2D eigenvalue weighted by atomic mass is 16.5. The van der Waals surface area contributed by atoms with Gasteiger partial charge in [0.15, 0.2) is 0 Å². The van der Waals surface area contributed by atoms with E-state index < -0.39 is 5.97 Å². The molecule has 1 aromatic rings. The lowest BCUT2D eigenvalue weighted by molar-refractivity contribution is -0.138. The SMILES string of the molecule is CCOC(=O)C1=C(O)c2ccncc2C1. The van der Waals surface area contributed by atoms with Crippen LogP contribution in [0.15, 0.2) is 24.0 Å². The van der Waals surface area contributed by atoms with Crippen LogP contribution >= 0.6 is 0 Å². The number of aromatic nitrogens is 1. The molecular formula is C11H11NO3. The summed E-state index contributed by atoms with van der Waals surface area (Å²) in [6.45, 7) is 2.05. The Balaban J connectivity index is 2.33. The van der Waals surface area contributed by atoms with Gasteiger partial charge in [-0.1, -0.05) is 0 Å². The molecule has 0 radical (unpaired) electrons. The lowest BCUT2D eigenvalue weighted by Gasteiger charge is -2.01. The summed E-state index contributed by atoms with van der Waals surface area (Å²) in [7, 11) is 0. The molecule has 1 aromatic heterocycles.